The Labute approximate surface area is 180 Å². The highest BCUT2D eigenvalue weighted by Gasteiger charge is 2.26. The van der Waals surface area contributed by atoms with Gasteiger partial charge in [-0.2, -0.15) is 5.10 Å². The summed E-state index contributed by atoms with van der Waals surface area (Å²) >= 11 is 0. The number of aromatic amines is 1. The van der Waals surface area contributed by atoms with Gasteiger partial charge in [-0.1, -0.05) is 12.1 Å². The molecule has 1 aromatic carbocycles. The van der Waals surface area contributed by atoms with Crippen LogP contribution in [0.15, 0.2) is 73.3 Å². The molecule has 1 aliphatic heterocycles. The average molecular weight is 413 g/mol. The van der Waals surface area contributed by atoms with Gasteiger partial charge < -0.3 is 15.2 Å². The molecular formula is C23H23N7O. The zero-order chi connectivity index (χ0) is 21.0. The minimum Gasteiger partial charge on any atom is -0.360 e. The van der Waals surface area contributed by atoms with Crippen molar-refractivity contribution in [3.63, 3.8) is 0 Å². The summed E-state index contributed by atoms with van der Waals surface area (Å²) in [5, 5.41) is 7.38. The van der Waals surface area contributed by atoms with Crippen LogP contribution >= 0.6 is 0 Å². The van der Waals surface area contributed by atoms with E-state index in [0.717, 1.165) is 29.9 Å². The third-order valence-electron chi connectivity index (χ3n) is 5.42. The molecular weight excluding hydrogens is 390 g/mol. The normalized spacial score (nSPS) is 15.9. The van der Waals surface area contributed by atoms with Gasteiger partial charge in [0.25, 0.3) is 5.91 Å². The fraction of sp³-hybridized carbons (Fsp3) is 0.217. The first kappa shape index (κ1) is 19.0. The summed E-state index contributed by atoms with van der Waals surface area (Å²) in [5.41, 5.74) is 3.52. The molecule has 1 atom stereocenters. The van der Waals surface area contributed by atoms with Crippen molar-refractivity contribution in [3.05, 3.63) is 84.4 Å². The molecule has 0 radical (unpaired) electrons. The van der Waals surface area contributed by atoms with Gasteiger partial charge in [0.15, 0.2) is 0 Å². The molecule has 2 N–H and O–H groups in total. The molecule has 8 heteroatoms. The first-order chi connectivity index (χ1) is 15.2. The van der Waals surface area contributed by atoms with Gasteiger partial charge in [-0.3, -0.25) is 9.48 Å². The lowest BCUT2D eigenvalue weighted by Crippen LogP contribution is -2.37. The van der Waals surface area contributed by atoms with Crippen molar-refractivity contribution in [1.29, 1.82) is 0 Å². The molecule has 0 aliphatic carbocycles. The van der Waals surface area contributed by atoms with Crippen LogP contribution in [0.3, 0.4) is 0 Å². The highest BCUT2D eigenvalue weighted by Crippen LogP contribution is 2.20. The first-order valence-electron chi connectivity index (χ1n) is 10.3. The van der Waals surface area contributed by atoms with E-state index in [2.05, 4.69) is 30.3 Å². The van der Waals surface area contributed by atoms with E-state index in [0.29, 0.717) is 24.6 Å². The lowest BCUT2D eigenvalue weighted by Gasteiger charge is -2.17. The highest BCUT2D eigenvalue weighted by atomic mass is 16.1. The van der Waals surface area contributed by atoms with Crippen LogP contribution in [0.25, 0.3) is 11.4 Å². The SMILES string of the molecule is O=C(NC1CCN(c2nccc(-c3ccc[nH]3)n2)C1)c1cccc(Cn2cccn2)c1. The quantitative estimate of drug-likeness (QED) is 0.507. The Bertz CT molecular complexity index is 1150. The summed E-state index contributed by atoms with van der Waals surface area (Å²) < 4.78 is 1.84. The maximum absolute atomic E-state index is 12.8. The molecule has 1 amide bonds. The van der Waals surface area contributed by atoms with Crippen molar-refractivity contribution in [2.24, 2.45) is 0 Å². The molecule has 1 fully saturated rings. The van der Waals surface area contributed by atoms with Crippen molar-refractivity contribution < 1.29 is 4.79 Å². The van der Waals surface area contributed by atoms with Crippen LogP contribution < -0.4 is 10.2 Å². The maximum Gasteiger partial charge on any atom is 0.251 e. The lowest BCUT2D eigenvalue weighted by atomic mass is 10.1. The number of benzene rings is 1. The van der Waals surface area contributed by atoms with Crippen LogP contribution in [0.4, 0.5) is 5.95 Å². The number of hydrogen-bond acceptors (Lipinski definition) is 5. The minimum atomic E-state index is -0.0600. The Hall–Kier alpha value is -3.94. The molecule has 31 heavy (non-hydrogen) atoms. The second kappa shape index (κ2) is 8.43. The number of amides is 1. The molecule has 1 saturated heterocycles. The van der Waals surface area contributed by atoms with E-state index in [-0.39, 0.29) is 11.9 Å². The van der Waals surface area contributed by atoms with E-state index in [1.54, 1.807) is 12.4 Å². The molecule has 8 nitrogen and oxygen atoms in total. The van der Waals surface area contributed by atoms with Gasteiger partial charge in [0.1, 0.15) is 0 Å². The fourth-order valence-electron chi connectivity index (χ4n) is 3.86. The van der Waals surface area contributed by atoms with E-state index >= 15 is 0 Å². The summed E-state index contributed by atoms with van der Waals surface area (Å²) in [7, 11) is 0. The van der Waals surface area contributed by atoms with Crippen molar-refractivity contribution in [3.8, 4) is 11.4 Å². The summed E-state index contributed by atoms with van der Waals surface area (Å²) in [4.78, 5) is 27.2. The average Bonchev–Trinajstić information content (AvgIpc) is 3.57. The third kappa shape index (κ3) is 4.32. The Kier molecular flexibility index (Phi) is 5.18. The Morgan fingerprint density at radius 1 is 1.16 bits per heavy atom. The number of nitrogens with zero attached hydrogens (tertiary/aromatic N) is 5. The second-order valence-corrected chi connectivity index (χ2v) is 7.63. The monoisotopic (exact) mass is 413 g/mol. The number of carbonyl (C=O) groups excluding carboxylic acids is 1. The Balaban J connectivity index is 1.22. The summed E-state index contributed by atoms with van der Waals surface area (Å²) in [5.74, 6) is 0.625. The zero-order valence-electron chi connectivity index (χ0n) is 17.0. The number of H-pyrrole nitrogens is 1. The Morgan fingerprint density at radius 3 is 2.97 bits per heavy atom. The predicted octanol–water partition coefficient (Wildman–Crippen LogP) is 2.73. The van der Waals surface area contributed by atoms with Crippen molar-refractivity contribution in [2.75, 3.05) is 18.0 Å². The highest BCUT2D eigenvalue weighted by molar-refractivity contribution is 5.94. The smallest absolute Gasteiger partial charge is 0.251 e. The molecule has 0 saturated carbocycles. The number of aromatic nitrogens is 5. The standard InChI is InChI=1S/C23H23N7O/c31-22(18-5-1-4-17(14-18)15-30-12-3-10-26-30)27-19-8-13-29(16-19)23-25-11-7-21(28-23)20-6-2-9-24-20/h1-7,9-12,14,19,24H,8,13,15-16H2,(H,27,31). The van der Waals surface area contributed by atoms with Gasteiger partial charge in [0.2, 0.25) is 5.95 Å². The third-order valence-corrected chi connectivity index (χ3v) is 5.42. The second-order valence-electron chi connectivity index (χ2n) is 7.63. The molecule has 4 heterocycles. The summed E-state index contributed by atoms with van der Waals surface area (Å²) in [6.45, 7) is 2.13. The number of rotatable bonds is 6. The van der Waals surface area contributed by atoms with Crippen LogP contribution in [-0.2, 0) is 6.54 Å². The van der Waals surface area contributed by atoms with E-state index in [4.69, 9.17) is 0 Å². The molecule has 156 valence electrons. The van der Waals surface area contributed by atoms with Crippen LogP contribution in [0, 0.1) is 0 Å². The van der Waals surface area contributed by atoms with Gasteiger partial charge in [-0.15, -0.1) is 0 Å². The van der Waals surface area contributed by atoms with E-state index in [9.17, 15) is 4.79 Å². The summed E-state index contributed by atoms with van der Waals surface area (Å²) in [6, 6.07) is 15.5. The van der Waals surface area contributed by atoms with E-state index in [1.807, 2.05) is 65.6 Å². The fourth-order valence-corrected chi connectivity index (χ4v) is 3.86. The van der Waals surface area contributed by atoms with Gasteiger partial charge >= 0.3 is 0 Å². The van der Waals surface area contributed by atoms with E-state index < -0.39 is 0 Å². The van der Waals surface area contributed by atoms with Gasteiger partial charge in [0.05, 0.1) is 17.9 Å². The number of anilines is 1. The molecule has 1 unspecified atom stereocenters. The largest absolute Gasteiger partial charge is 0.360 e. The number of hydrogen-bond donors (Lipinski definition) is 2. The van der Waals surface area contributed by atoms with Crippen LogP contribution in [0.2, 0.25) is 0 Å². The molecule has 5 rings (SSSR count). The topological polar surface area (TPSA) is 91.7 Å². The lowest BCUT2D eigenvalue weighted by molar-refractivity contribution is 0.0940. The number of nitrogens with one attached hydrogen (secondary N) is 2. The van der Waals surface area contributed by atoms with Crippen molar-refractivity contribution in [2.45, 2.75) is 19.0 Å². The Morgan fingerprint density at radius 2 is 2.13 bits per heavy atom. The minimum absolute atomic E-state index is 0.0556. The molecule has 0 bridgehead atoms. The first-order valence-corrected chi connectivity index (χ1v) is 10.3. The van der Waals surface area contributed by atoms with Gasteiger partial charge in [0, 0.05) is 49.5 Å². The molecule has 3 aromatic heterocycles. The summed E-state index contributed by atoms with van der Waals surface area (Å²) in [6.07, 6.45) is 8.17. The van der Waals surface area contributed by atoms with Gasteiger partial charge in [-0.25, -0.2) is 9.97 Å². The predicted molar refractivity (Wildman–Crippen MR) is 118 cm³/mol. The van der Waals surface area contributed by atoms with Crippen LogP contribution in [-0.4, -0.2) is 49.8 Å². The van der Waals surface area contributed by atoms with Crippen LogP contribution in [0.1, 0.15) is 22.3 Å². The zero-order valence-corrected chi connectivity index (χ0v) is 17.0. The maximum atomic E-state index is 12.8. The van der Waals surface area contributed by atoms with Crippen molar-refractivity contribution in [1.82, 2.24) is 30.0 Å². The molecule has 4 aromatic rings. The molecule has 1 aliphatic rings. The van der Waals surface area contributed by atoms with Gasteiger partial charge in [-0.05, 0) is 48.4 Å². The van der Waals surface area contributed by atoms with Crippen LogP contribution in [0.5, 0.6) is 0 Å². The van der Waals surface area contributed by atoms with Crippen molar-refractivity contribution >= 4 is 11.9 Å². The molecule has 0 spiro atoms. The van der Waals surface area contributed by atoms with E-state index in [1.165, 1.54) is 0 Å². The number of carbonyl (C=O) groups is 1.